The van der Waals surface area contributed by atoms with Gasteiger partial charge in [0.25, 0.3) is 0 Å². The topological polar surface area (TPSA) is 12.0 Å². The Balaban J connectivity index is 1.60. The van der Waals surface area contributed by atoms with Crippen molar-refractivity contribution in [3.63, 3.8) is 0 Å². The summed E-state index contributed by atoms with van der Waals surface area (Å²) in [6.45, 7) is 0. The molecule has 0 radical (unpaired) electrons. The van der Waals surface area contributed by atoms with E-state index in [4.69, 9.17) is 0 Å². The van der Waals surface area contributed by atoms with Gasteiger partial charge in [0, 0.05) is 11.7 Å². The average Bonchev–Trinajstić information content (AvgIpc) is 2.82. The molecule has 3 rings (SSSR count). The standard InChI is InChI=1S/C17H17N/c1-2-7-14(8-3-1)9-6-11-16-13-15-10-4-5-12-17(15)18-16/h1-8,10-12,16,18H,9,13H2. The molecule has 0 saturated carbocycles. The van der Waals surface area contributed by atoms with Crippen molar-refractivity contribution in [3.05, 3.63) is 77.9 Å². The predicted molar refractivity (Wildman–Crippen MR) is 76.8 cm³/mol. The third-order valence-corrected chi connectivity index (χ3v) is 3.36. The number of fused-ring (bicyclic) bond motifs is 1. The predicted octanol–water partition coefficient (Wildman–Crippen LogP) is 3.82. The van der Waals surface area contributed by atoms with Crippen LogP contribution in [0, 0.1) is 0 Å². The Kier molecular flexibility index (Phi) is 3.14. The highest BCUT2D eigenvalue weighted by molar-refractivity contribution is 5.57. The van der Waals surface area contributed by atoms with E-state index in [2.05, 4.69) is 72.1 Å². The van der Waals surface area contributed by atoms with Crippen LogP contribution in [0.5, 0.6) is 0 Å². The fourth-order valence-corrected chi connectivity index (χ4v) is 2.43. The minimum atomic E-state index is 0.450. The van der Waals surface area contributed by atoms with Gasteiger partial charge in [0.05, 0.1) is 0 Å². The second-order valence-electron chi connectivity index (χ2n) is 4.73. The van der Waals surface area contributed by atoms with Crippen LogP contribution in [0.3, 0.4) is 0 Å². The van der Waals surface area contributed by atoms with Crippen molar-refractivity contribution in [2.75, 3.05) is 5.32 Å². The summed E-state index contributed by atoms with van der Waals surface area (Å²) in [7, 11) is 0. The van der Waals surface area contributed by atoms with Crippen molar-refractivity contribution in [2.24, 2.45) is 0 Å². The third-order valence-electron chi connectivity index (χ3n) is 3.36. The Morgan fingerprint density at radius 1 is 1.00 bits per heavy atom. The van der Waals surface area contributed by atoms with Crippen molar-refractivity contribution in [2.45, 2.75) is 18.9 Å². The maximum Gasteiger partial charge on any atom is 0.0485 e. The van der Waals surface area contributed by atoms with Crippen molar-refractivity contribution >= 4 is 5.69 Å². The molecule has 1 nitrogen and oxygen atoms in total. The molecule has 1 aliphatic rings. The third kappa shape index (κ3) is 2.45. The molecule has 90 valence electrons. The second-order valence-corrected chi connectivity index (χ2v) is 4.73. The van der Waals surface area contributed by atoms with Crippen LogP contribution in [0.4, 0.5) is 5.69 Å². The number of nitrogens with one attached hydrogen (secondary N) is 1. The van der Waals surface area contributed by atoms with E-state index in [0.29, 0.717) is 6.04 Å². The molecule has 1 heterocycles. The van der Waals surface area contributed by atoms with Crippen molar-refractivity contribution in [1.82, 2.24) is 0 Å². The van der Waals surface area contributed by atoms with Crippen molar-refractivity contribution in [3.8, 4) is 0 Å². The summed E-state index contributed by atoms with van der Waals surface area (Å²) in [6, 6.07) is 19.6. The highest BCUT2D eigenvalue weighted by Crippen LogP contribution is 2.25. The first kappa shape index (κ1) is 11.1. The number of anilines is 1. The molecule has 1 atom stereocenters. The van der Waals surface area contributed by atoms with Gasteiger partial charge in [0.1, 0.15) is 0 Å². The number of hydrogen-bond acceptors (Lipinski definition) is 1. The van der Waals surface area contributed by atoms with Crippen LogP contribution >= 0.6 is 0 Å². The minimum absolute atomic E-state index is 0.450. The lowest BCUT2D eigenvalue weighted by molar-refractivity contribution is 0.919. The van der Waals surface area contributed by atoms with Crippen molar-refractivity contribution in [1.29, 1.82) is 0 Å². The van der Waals surface area contributed by atoms with E-state index < -0.39 is 0 Å². The van der Waals surface area contributed by atoms with Crippen LogP contribution in [0.15, 0.2) is 66.7 Å². The molecule has 1 heteroatoms. The van der Waals surface area contributed by atoms with Crippen molar-refractivity contribution < 1.29 is 0 Å². The largest absolute Gasteiger partial charge is 0.378 e. The molecule has 1 N–H and O–H groups in total. The molecule has 0 aromatic heterocycles. The van der Waals surface area contributed by atoms with E-state index in [1.165, 1.54) is 16.8 Å². The van der Waals surface area contributed by atoms with Crippen LogP contribution in [0.1, 0.15) is 11.1 Å². The van der Waals surface area contributed by atoms with E-state index in [1.54, 1.807) is 0 Å². The lowest BCUT2D eigenvalue weighted by Gasteiger charge is -2.04. The Labute approximate surface area is 108 Å². The van der Waals surface area contributed by atoms with Gasteiger partial charge in [-0.25, -0.2) is 0 Å². The maximum absolute atomic E-state index is 3.53. The Morgan fingerprint density at radius 2 is 1.78 bits per heavy atom. The average molecular weight is 235 g/mol. The van der Waals surface area contributed by atoms with Gasteiger partial charge in [-0.3, -0.25) is 0 Å². The molecule has 1 unspecified atom stereocenters. The molecule has 0 amide bonds. The zero-order valence-electron chi connectivity index (χ0n) is 10.3. The quantitative estimate of drug-likeness (QED) is 0.797. The van der Waals surface area contributed by atoms with E-state index in [9.17, 15) is 0 Å². The van der Waals surface area contributed by atoms with Gasteiger partial charge in [0.2, 0.25) is 0 Å². The highest BCUT2D eigenvalue weighted by Gasteiger charge is 2.16. The molecule has 0 bridgehead atoms. The monoisotopic (exact) mass is 235 g/mol. The number of hydrogen-bond donors (Lipinski definition) is 1. The highest BCUT2D eigenvalue weighted by atomic mass is 14.9. The summed E-state index contributed by atoms with van der Waals surface area (Å²) in [5, 5.41) is 3.53. The number of rotatable bonds is 3. The smallest absolute Gasteiger partial charge is 0.0485 e. The molecule has 2 aromatic rings. The van der Waals surface area contributed by atoms with Crippen LogP contribution in [0.2, 0.25) is 0 Å². The summed E-state index contributed by atoms with van der Waals surface area (Å²) in [4.78, 5) is 0. The van der Waals surface area contributed by atoms with E-state index in [-0.39, 0.29) is 0 Å². The molecule has 0 spiro atoms. The maximum atomic E-state index is 3.53. The SMILES string of the molecule is C(=CC1Cc2ccccc2N1)Cc1ccccc1. The molecule has 0 fully saturated rings. The van der Waals surface area contributed by atoms with Gasteiger partial charge < -0.3 is 5.32 Å². The van der Waals surface area contributed by atoms with Gasteiger partial charge in [-0.15, -0.1) is 0 Å². The van der Waals surface area contributed by atoms with Gasteiger partial charge in [0.15, 0.2) is 0 Å². The molecule has 18 heavy (non-hydrogen) atoms. The number of allylic oxidation sites excluding steroid dienone is 1. The summed E-state index contributed by atoms with van der Waals surface area (Å²) < 4.78 is 0. The first-order valence-corrected chi connectivity index (χ1v) is 6.47. The molecule has 2 aromatic carbocycles. The molecule has 0 aliphatic carbocycles. The Hall–Kier alpha value is -2.02. The first-order chi connectivity index (χ1) is 8.92. The van der Waals surface area contributed by atoms with Crippen LogP contribution in [-0.2, 0) is 12.8 Å². The normalized spacial score (nSPS) is 17.7. The second kappa shape index (κ2) is 5.09. The summed E-state index contributed by atoms with van der Waals surface area (Å²) in [5.74, 6) is 0. The Bertz CT molecular complexity index is 518. The van der Waals surface area contributed by atoms with Crippen LogP contribution < -0.4 is 5.32 Å². The first-order valence-electron chi connectivity index (χ1n) is 6.47. The van der Waals surface area contributed by atoms with E-state index in [0.717, 1.165) is 12.8 Å². The minimum Gasteiger partial charge on any atom is -0.378 e. The molecule has 1 aliphatic heterocycles. The zero-order chi connectivity index (χ0) is 12.2. The summed E-state index contributed by atoms with van der Waals surface area (Å²) in [6.07, 6.45) is 6.66. The van der Waals surface area contributed by atoms with Gasteiger partial charge in [-0.1, -0.05) is 60.7 Å². The van der Waals surface area contributed by atoms with E-state index >= 15 is 0 Å². The van der Waals surface area contributed by atoms with Gasteiger partial charge >= 0.3 is 0 Å². The summed E-state index contributed by atoms with van der Waals surface area (Å²) in [5.41, 5.74) is 4.07. The zero-order valence-corrected chi connectivity index (χ0v) is 10.3. The van der Waals surface area contributed by atoms with E-state index in [1.807, 2.05) is 0 Å². The molecular weight excluding hydrogens is 218 g/mol. The molecule has 0 saturated heterocycles. The lowest BCUT2D eigenvalue weighted by atomic mass is 10.1. The molecular formula is C17H17N. The lowest BCUT2D eigenvalue weighted by Crippen LogP contribution is -2.11. The fraction of sp³-hybridized carbons (Fsp3) is 0.176. The fourth-order valence-electron chi connectivity index (χ4n) is 2.43. The number of para-hydroxylation sites is 1. The summed E-state index contributed by atoms with van der Waals surface area (Å²) >= 11 is 0. The van der Waals surface area contributed by atoms with Crippen LogP contribution in [0.25, 0.3) is 0 Å². The van der Waals surface area contributed by atoms with Crippen LogP contribution in [-0.4, -0.2) is 6.04 Å². The van der Waals surface area contributed by atoms with Gasteiger partial charge in [-0.2, -0.15) is 0 Å². The Morgan fingerprint density at radius 3 is 2.61 bits per heavy atom. The van der Waals surface area contributed by atoms with Gasteiger partial charge in [-0.05, 0) is 30.0 Å². The number of benzene rings is 2.